The second-order valence-corrected chi connectivity index (χ2v) is 4.85. The molecule has 0 aliphatic rings. The van der Waals surface area contributed by atoms with Gasteiger partial charge in [0, 0.05) is 0 Å². The summed E-state index contributed by atoms with van der Waals surface area (Å²) in [5, 5.41) is 1.84. The van der Waals surface area contributed by atoms with Gasteiger partial charge in [-0.05, 0) is 19.8 Å². The number of amides is 1. The van der Waals surface area contributed by atoms with Gasteiger partial charge in [-0.2, -0.15) is 13.2 Å². The number of ether oxygens (including phenoxy) is 1. The van der Waals surface area contributed by atoms with Gasteiger partial charge >= 0.3 is 12.1 Å². The van der Waals surface area contributed by atoms with Crippen molar-refractivity contribution in [2.45, 2.75) is 65.0 Å². The lowest BCUT2D eigenvalue weighted by Crippen LogP contribution is -2.28. The molecule has 22 heavy (non-hydrogen) atoms. The Kier molecular flexibility index (Phi) is 10.3. The largest absolute Gasteiger partial charge is 0.461 e. The Balaban J connectivity index is 4.93. The molecule has 0 rings (SSSR count). The van der Waals surface area contributed by atoms with E-state index >= 15 is 0 Å². The predicted octanol–water partition coefficient (Wildman–Crippen LogP) is 3.86. The van der Waals surface area contributed by atoms with Gasteiger partial charge in [0.25, 0.3) is 0 Å². The first-order chi connectivity index (χ1) is 10.4. The van der Waals surface area contributed by atoms with E-state index < -0.39 is 23.4 Å². The maximum absolute atomic E-state index is 13.1. The van der Waals surface area contributed by atoms with Crippen molar-refractivity contribution in [1.29, 1.82) is 0 Å². The summed E-state index contributed by atoms with van der Waals surface area (Å²) in [7, 11) is 0. The van der Waals surface area contributed by atoms with Crippen LogP contribution >= 0.6 is 0 Å². The zero-order valence-corrected chi connectivity index (χ0v) is 13.1. The molecular formula is C15H24F3NO3. The summed E-state index contributed by atoms with van der Waals surface area (Å²) < 4.78 is 43.9. The molecule has 0 saturated heterocycles. The van der Waals surface area contributed by atoms with E-state index in [-0.39, 0.29) is 19.4 Å². The van der Waals surface area contributed by atoms with Gasteiger partial charge in [-0.1, -0.05) is 39.0 Å². The van der Waals surface area contributed by atoms with Crippen LogP contribution in [0.25, 0.3) is 0 Å². The quantitative estimate of drug-likeness (QED) is 0.272. The molecular weight excluding hydrogens is 299 g/mol. The second kappa shape index (κ2) is 11.1. The summed E-state index contributed by atoms with van der Waals surface area (Å²) in [6.45, 7) is 3.48. The maximum atomic E-state index is 13.1. The van der Waals surface area contributed by atoms with Crippen molar-refractivity contribution >= 4 is 12.4 Å². The molecule has 0 aliphatic carbocycles. The lowest BCUT2D eigenvalue weighted by Gasteiger charge is -2.16. The number of nitrogens with one attached hydrogen (secondary N) is 1. The van der Waals surface area contributed by atoms with Crippen LogP contribution in [0.4, 0.5) is 13.2 Å². The van der Waals surface area contributed by atoms with E-state index in [1.165, 1.54) is 6.92 Å². The molecule has 1 N–H and O–H groups in total. The highest BCUT2D eigenvalue weighted by molar-refractivity contribution is 5.91. The van der Waals surface area contributed by atoms with Gasteiger partial charge in [0.2, 0.25) is 6.41 Å². The molecule has 0 bridgehead atoms. The minimum atomic E-state index is -4.68. The standard InChI is InChI=1S/C15H24F3NO3/c1-3-5-6-7-8-9-10-12(15(16,17)18)13(19-11-20)14(21)22-4-2/h11H,3-10H2,1-2H3,(H,19,20)/b13-12-. The zero-order chi connectivity index (χ0) is 17.0. The molecule has 0 spiro atoms. The number of rotatable bonds is 11. The van der Waals surface area contributed by atoms with Crippen LogP contribution in [0, 0.1) is 0 Å². The molecule has 0 fully saturated rings. The first-order valence-electron chi connectivity index (χ1n) is 7.56. The van der Waals surface area contributed by atoms with Gasteiger partial charge < -0.3 is 10.1 Å². The number of unbranched alkanes of at least 4 members (excludes halogenated alkanes) is 5. The van der Waals surface area contributed by atoms with E-state index in [0.29, 0.717) is 12.8 Å². The highest BCUT2D eigenvalue weighted by Gasteiger charge is 2.38. The average Bonchev–Trinajstić information content (AvgIpc) is 2.43. The number of hydrogen-bond donors (Lipinski definition) is 1. The van der Waals surface area contributed by atoms with Gasteiger partial charge in [-0.15, -0.1) is 0 Å². The molecule has 0 aromatic rings. The second-order valence-electron chi connectivity index (χ2n) is 4.85. The zero-order valence-electron chi connectivity index (χ0n) is 13.1. The summed E-state index contributed by atoms with van der Waals surface area (Å²) in [4.78, 5) is 22.1. The van der Waals surface area contributed by atoms with Crippen LogP contribution in [0.2, 0.25) is 0 Å². The Morgan fingerprint density at radius 1 is 1.09 bits per heavy atom. The summed E-state index contributed by atoms with van der Waals surface area (Å²) in [6.07, 6.45) is -0.0232. The molecule has 1 amide bonds. The Morgan fingerprint density at radius 2 is 1.68 bits per heavy atom. The van der Waals surface area contributed by atoms with E-state index in [9.17, 15) is 22.8 Å². The number of esters is 1. The topological polar surface area (TPSA) is 55.4 Å². The molecule has 0 unspecified atom stereocenters. The van der Waals surface area contributed by atoms with Crippen LogP contribution in [0.5, 0.6) is 0 Å². The van der Waals surface area contributed by atoms with E-state index in [1.54, 1.807) is 0 Å². The van der Waals surface area contributed by atoms with Gasteiger partial charge in [0.05, 0.1) is 12.2 Å². The Hall–Kier alpha value is -1.53. The van der Waals surface area contributed by atoms with E-state index in [2.05, 4.69) is 11.7 Å². The van der Waals surface area contributed by atoms with E-state index in [4.69, 9.17) is 0 Å². The van der Waals surface area contributed by atoms with Gasteiger partial charge in [0.1, 0.15) is 5.70 Å². The molecule has 0 aliphatic heterocycles. The predicted molar refractivity (Wildman–Crippen MR) is 76.9 cm³/mol. The minimum absolute atomic E-state index is 0.0548. The number of allylic oxidation sites excluding steroid dienone is 1. The normalized spacial score (nSPS) is 12.6. The highest BCUT2D eigenvalue weighted by atomic mass is 19.4. The van der Waals surface area contributed by atoms with Gasteiger partial charge in [-0.25, -0.2) is 4.79 Å². The smallest absolute Gasteiger partial charge is 0.414 e. The monoisotopic (exact) mass is 323 g/mol. The molecule has 128 valence electrons. The number of halogens is 3. The fourth-order valence-corrected chi connectivity index (χ4v) is 2.02. The first kappa shape index (κ1) is 20.5. The maximum Gasteiger partial charge on any atom is 0.414 e. The fourth-order valence-electron chi connectivity index (χ4n) is 2.02. The minimum Gasteiger partial charge on any atom is -0.461 e. The third-order valence-electron chi connectivity index (χ3n) is 3.11. The molecule has 0 saturated carbocycles. The van der Waals surface area contributed by atoms with Gasteiger partial charge in [0.15, 0.2) is 0 Å². The van der Waals surface area contributed by atoms with Crippen LogP contribution in [0.3, 0.4) is 0 Å². The first-order valence-corrected chi connectivity index (χ1v) is 7.56. The molecule has 0 atom stereocenters. The molecule has 7 heteroatoms. The highest BCUT2D eigenvalue weighted by Crippen LogP contribution is 2.32. The summed E-state index contributed by atoms with van der Waals surface area (Å²) in [5.74, 6) is -1.16. The Morgan fingerprint density at radius 3 is 2.18 bits per heavy atom. The molecule has 0 heterocycles. The van der Waals surface area contributed by atoms with E-state index in [0.717, 1.165) is 25.7 Å². The molecule has 0 aromatic heterocycles. The summed E-state index contributed by atoms with van der Waals surface area (Å²) >= 11 is 0. The molecule has 4 nitrogen and oxygen atoms in total. The fraction of sp³-hybridized carbons (Fsp3) is 0.733. The van der Waals surface area contributed by atoms with Crippen molar-refractivity contribution in [3.05, 3.63) is 11.3 Å². The number of alkyl halides is 3. The van der Waals surface area contributed by atoms with E-state index in [1.807, 2.05) is 5.32 Å². The summed E-state index contributed by atoms with van der Waals surface area (Å²) in [5.41, 5.74) is -1.84. The Bertz CT molecular complexity index is 379. The van der Waals surface area contributed by atoms with Crippen molar-refractivity contribution in [3.8, 4) is 0 Å². The van der Waals surface area contributed by atoms with Crippen LogP contribution in [-0.4, -0.2) is 25.2 Å². The number of carbonyl (C=O) groups excluding carboxylic acids is 2. The third-order valence-corrected chi connectivity index (χ3v) is 3.11. The van der Waals surface area contributed by atoms with Crippen LogP contribution < -0.4 is 5.32 Å². The third kappa shape index (κ3) is 8.05. The van der Waals surface area contributed by atoms with Crippen molar-refractivity contribution in [2.75, 3.05) is 6.61 Å². The SMILES string of the molecule is CCCCCCCC/C(=C(/NC=O)C(=O)OCC)C(F)(F)F. The molecule has 0 aromatic carbocycles. The van der Waals surface area contributed by atoms with Crippen molar-refractivity contribution in [2.24, 2.45) is 0 Å². The molecule has 0 radical (unpaired) electrons. The van der Waals surface area contributed by atoms with Crippen LogP contribution in [-0.2, 0) is 14.3 Å². The van der Waals surface area contributed by atoms with Crippen molar-refractivity contribution in [1.82, 2.24) is 5.32 Å². The van der Waals surface area contributed by atoms with Crippen molar-refractivity contribution < 1.29 is 27.5 Å². The van der Waals surface area contributed by atoms with Gasteiger partial charge in [-0.3, -0.25) is 4.79 Å². The van der Waals surface area contributed by atoms with Crippen LogP contribution in [0.15, 0.2) is 11.3 Å². The van der Waals surface area contributed by atoms with Crippen LogP contribution in [0.1, 0.15) is 58.8 Å². The number of hydrogen-bond acceptors (Lipinski definition) is 3. The lowest BCUT2D eigenvalue weighted by atomic mass is 10.0. The van der Waals surface area contributed by atoms with Crippen molar-refractivity contribution in [3.63, 3.8) is 0 Å². The number of carbonyl (C=O) groups is 2. The lowest BCUT2D eigenvalue weighted by molar-refractivity contribution is -0.141. The summed E-state index contributed by atoms with van der Waals surface area (Å²) in [6, 6.07) is 0. The Labute approximate surface area is 129 Å². The average molecular weight is 323 g/mol.